The number of anilines is 1. The number of carbonyl (C=O) groups is 1. The van der Waals surface area contributed by atoms with Crippen LogP contribution in [0.5, 0.6) is 0 Å². The second-order valence-corrected chi connectivity index (χ2v) is 4.59. The van der Waals surface area contributed by atoms with E-state index in [9.17, 15) is 9.90 Å². The lowest BCUT2D eigenvalue weighted by atomic mass is 9.98. The van der Waals surface area contributed by atoms with Crippen LogP contribution in [0.15, 0.2) is 18.2 Å². The van der Waals surface area contributed by atoms with Crippen molar-refractivity contribution in [2.75, 3.05) is 25.2 Å². The summed E-state index contributed by atoms with van der Waals surface area (Å²) in [5, 5.41) is 9.90. The number of fused-ring (bicyclic) bond motifs is 1. The minimum absolute atomic E-state index is 0.130. The number of hydrogen-bond acceptors (Lipinski definition) is 3. The maximum Gasteiger partial charge on any atom is 0.234 e. The third-order valence-corrected chi connectivity index (χ3v) is 3.47. The van der Waals surface area contributed by atoms with E-state index in [-0.39, 0.29) is 18.4 Å². The minimum Gasteiger partial charge on any atom is -0.386 e. The lowest BCUT2D eigenvalue weighted by Gasteiger charge is -2.16. The molecule has 4 heteroatoms. The van der Waals surface area contributed by atoms with Crippen LogP contribution in [0.25, 0.3) is 0 Å². The van der Waals surface area contributed by atoms with Gasteiger partial charge < -0.3 is 14.7 Å². The Morgan fingerprint density at radius 2 is 2.22 bits per heavy atom. The van der Waals surface area contributed by atoms with Crippen LogP contribution < -0.4 is 4.90 Å². The molecule has 98 valence electrons. The molecule has 18 heavy (non-hydrogen) atoms. The van der Waals surface area contributed by atoms with Crippen molar-refractivity contribution < 1.29 is 14.6 Å². The molecule has 1 heterocycles. The first-order chi connectivity index (χ1) is 8.60. The summed E-state index contributed by atoms with van der Waals surface area (Å²) >= 11 is 0. The second kappa shape index (κ2) is 5.08. The van der Waals surface area contributed by atoms with Crippen molar-refractivity contribution in [3.05, 3.63) is 29.3 Å². The van der Waals surface area contributed by atoms with Crippen molar-refractivity contribution in [1.29, 1.82) is 0 Å². The molecule has 0 spiro atoms. The third kappa shape index (κ3) is 2.02. The van der Waals surface area contributed by atoms with Gasteiger partial charge in [0.2, 0.25) is 5.91 Å². The Hall–Kier alpha value is -1.39. The van der Waals surface area contributed by atoms with E-state index in [4.69, 9.17) is 4.74 Å². The smallest absolute Gasteiger partial charge is 0.234 e. The van der Waals surface area contributed by atoms with Gasteiger partial charge in [0, 0.05) is 19.3 Å². The quantitative estimate of drug-likeness (QED) is 0.885. The van der Waals surface area contributed by atoms with E-state index < -0.39 is 6.10 Å². The molecule has 2 rings (SSSR count). The molecule has 1 N–H and O–H groups in total. The summed E-state index contributed by atoms with van der Waals surface area (Å²) in [5.74, 6) is 0.000487. The number of rotatable bonds is 4. The zero-order valence-corrected chi connectivity index (χ0v) is 11.0. The fraction of sp³-hybridized carbons (Fsp3) is 0.500. The van der Waals surface area contributed by atoms with Crippen LogP contribution in [-0.4, -0.2) is 31.3 Å². The van der Waals surface area contributed by atoms with Crippen LogP contribution in [0.3, 0.4) is 0 Å². The number of aliphatic hydroxyl groups is 1. The number of nitrogens with zero attached hydrogens (tertiary/aromatic N) is 1. The molecule has 0 aromatic heterocycles. The first-order valence-corrected chi connectivity index (χ1v) is 6.22. The Kier molecular flexibility index (Phi) is 3.68. The third-order valence-electron chi connectivity index (χ3n) is 3.47. The number of ether oxygens (including phenoxy) is 1. The Bertz CT molecular complexity index is 458. The van der Waals surface area contributed by atoms with Gasteiger partial charge in [-0.15, -0.1) is 0 Å². The predicted molar refractivity (Wildman–Crippen MR) is 69.7 cm³/mol. The van der Waals surface area contributed by atoms with Crippen LogP contribution in [0.2, 0.25) is 0 Å². The molecule has 4 nitrogen and oxygen atoms in total. The molecule has 2 atom stereocenters. The van der Waals surface area contributed by atoms with Gasteiger partial charge in [-0.1, -0.05) is 12.1 Å². The van der Waals surface area contributed by atoms with Gasteiger partial charge in [0.15, 0.2) is 0 Å². The SMILES string of the molecule is CCN1C(=O)C(C)c2cc(C(O)COC)ccc21. The van der Waals surface area contributed by atoms with E-state index >= 15 is 0 Å². The molecule has 1 aromatic carbocycles. The van der Waals surface area contributed by atoms with Crippen LogP contribution in [0, 0.1) is 0 Å². The van der Waals surface area contributed by atoms with Gasteiger partial charge in [0.05, 0.1) is 12.5 Å². The maximum absolute atomic E-state index is 12.0. The van der Waals surface area contributed by atoms with Gasteiger partial charge >= 0.3 is 0 Å². The number of hydrogen-bond donors (Lipinski definition) is 1. The lowest BCUT2D eigenvalue weighted by Crippen LogP contribution is -2.27. The van der Waals surface area contributed by atoms with E-state index in [2.05, 4.69) is 0 Å². The average molecular weight is 249 g/mol. The monoisotopic (exact) mass is 249 g/mol. The van der Waals surface area contributed by atoms with Gasteiger partial charge in [0.1, 0.15) is 6.10 Å². The number of amides is 1. The van der Waals surface area contributed by atoms with Crippen molar-refractivity contribution in [2.45, 2.75) is 25.9 Å². The zero-order valence-electron chi connectivity index (χ0n) is 11.0. The Labute approximate surface area is 107 Å². The molecule has 0 saturated heterocycles. The number of aliphatic hydroxyl groups excluding tert-OH is 1. The molecule has 1 amide bonds. The fourth-order valence-electron chi connectivity index (χ4n) is 2.44. The van der Waals surface area contributed by atoms with Crippen LogP contribution in [-0.2, 0) is 9.53 Å². The summed E-state index contributed by atoms with van der Waals surface area (Å²) in [4.78, 5) is 13.8. The first kappa shape index (κ1) is 13.1. The molecule has 1 aromatic rings. The highest BCUT2D eigenvalue weighted by Gasteiger charge is 2.33. The largest absolute Gasteiger partial charge is 0.386 e. The molecule has 2 unspecified atom stereocenters. The van der Waals surface area contributed by atoms with E-state index in [1.807, 2.05) is 32.0 Å². The average Bonchev–Trinajstić information content (AvgIpc) is 2.62. The zero-order chi connectivity index (χ0) is 13.3. The van der Waals surface area contributed by atoms with Gasteiger partial charge in [0.25, 0.3) is 0 Å². The van der Waals surface area contributed by atoms with Crippen LogP contribution in [0.4, 0.5) is 5.69 Å². The van der Waals surface area contributed by atoms with Gasteiger partial charge in [-0.05, 0) is 31.0 Å². The molecule has 0 fully saturated rings. The first-order valence-electron chi connectivity index (χ1n) is 6.22. The van der Waals surface area contributed by atoms with E-state index in [0.29, 0.717) is 6.54 Å². The number of likely N-dealkylation sites (N-methyl/N-ethyl adjacent to an activating group) is 1. The van der Waals surface area contributed by atoms with E-state index in [0.717, 1.165) is 16.8 Å². The van der Waals surface area contributed by atoms with Gasteiger partial charge in [-0.25, -0.2) is 0 Å². The highest BCUT2D eigenvalue weighted by Crippen LogP contribution is 2.38. The van der Waals surface area contributed by atoms with Crippen molar-refractivity contribution in [3.8, 4) is 0 Å². The Balaban J connectivity index is 2.36. The Morgan fingerprint density at radius 3 is 2.83 bits per heavy atom. The number of benzene rings is 1. The summed E-state index contributed by atoms with van der Waals surface area (Å²) < 4.78 is 4.94. The van der Waals surface area contributed by atoms with Crippen molar-refractivity contribution in [2.24, 2.45) is 0 Å². The highest BCUT2D eigenvalue weighted by atomic mass is 16.5. The van der Waals surface area contributed by atoms with Gasteiger partial charge in [-0.2, -0.15) is 0 Å². The fourth-order valence-corrected chi connectivity index (χ4v) is 2.44. The molecule has 0 bridgehead atoms. The molecule has 0 radical (unpaired) electrons. The number of methoxy groups -OCH3 is 1. The highest BCUT2D eigenvalue weighted by molar-refractivity contribution is 6.04. The molecule has 0 saturated carbocycles. The molecule has 1 aliphatic rings. The predicted octanol–water partition coefficient (Wildman–Crippen LogP) is 1.84. The lowest BCUT2D eigenvalue weighted by molar-refractivity contribution is -0.118. The normalized spacial score (nSPS) is 20.1. The van der Waals surface area contributed by atoms with E-state index in [1.165, 1.54) is 0 Å². The molecule has 1 aliphatic heterocycles. The summed E-state index contributed by atoms with van der Waals surface area (Å²) in [5.41, 5.74) is 2.76. The van der Waals surface area contributed by atoms with Crippen LogP contribution in [0.1, 0.15) is 37.0 Å². The minimum atomic E-state index is -0.640. The molecular formula is C14H19NO3. The van der Waals surface area contributed by atoms with Crippen molar-refractivity contribution >= 4 is 11.6 Å². The summed E-state index contributed by atoms with van der Waals surface area (Å²) in [6.45, 7) is 4.81. The molecule has 0 aliphatic carbocycles. The van der Waals surface area contributed by atoms with Crippen molar-refractivity contribution in [3.63, 3.8) is 0 Å². The Morgan fingerprint density at radius 1 is 1.50 bits per heavy atom. The summed E-state index contributed by atoms with van der Waals surface area (Å²) in [7, 11) is 1.56. The standard InChI is InChI=1S/C14H19NO3/c1-4-15-12-6-5-10(13(16)8-18-3)7-11(12)9(2)14(15)17/h5-7,9,13,16H,4,8H2,1-3H3. The summed E-state index contributed by atoms with van der Waals surface area (Å²) in [6, 6.07) is 5.68. The topological polar surface area (TPSA) is 49.8 Å². The van der Waals surface area contributed by atoms with Gasteiger partial charge in [-0.3, -0.25) is 4.79 Å². The number of carbonyl (C=O) groups excluding carboxylic acids is 1. The van der Waals surface area contributed by atoms with Crippen LogP contribution >= 0.6 is 0 Å². The second-order valence-electron chi connectivity index (χ2n) is 4.59. The summed E-state index contributed by atoms with van der Waals surface area (Å²) in [6.07, 6.45) is -0.640. The maximum atomic E-state index is 12.0. The molecular weight excluding hydrogens is 230 g/mol. The van der Waals surface area contributed by atoms with E-state index in [1.54, 1.807) is 12.0 Å². The van der Waals surface area contributed by atoms with Crippen molar-refractivity contribution in [1.82, 2.24) is 0 Å².